The molecule has 0 saturated heterocycles. The summed E-state index contributed by atoms with van der Waals surface area (Å²) in [6, 6.07) is 11.4. The van der Waals surface area contributed by atoms with Gasteiger partial charge in [0.05, 0.1) is 5.56 Å². The maximum atomic E-state index is 13.2. The number of nitrogens with zero attached hydrogens (tertiary/aromatic N) is 1. The molecule has 0 aromatic heterocycles. The minimum atomic E-state index is -0.932. The zero-order valence-electron chi connectivity index (χ0n) is 11.5. The fraction of sp³-hybridized carbons (Fsp3) is 0.188. The van der Waals surface area contributed by atoms with Crippen LogP contribution in [0.3, 0.4) is 0 Å². The van der Waals surface area contributed by atoms with Crippen LogP contribution in [0.5, 0.6) is 0 Å². The number of carboxylic acid groups (broad SMARTS) is 1. The van der Waals surface area contributed by atoms with E-state index < -0.39 is 5.97 Å². The molecule has 0 heterocycles. The van der Waals surface area contributed by atoms with Crippen LogP contribution in [-0.2, 0) is 13.1 Å². The van der Waals surface area contributed by atoms with Crippen LogP contribution in [0, 0.1) is 5.82 Å². The second-order valence-electron chi connectivity index (χ2n) is 4.91. The van der Waals surface area contributed by atoms with Gasteiger partial charge in [0, 0.05) is 17.6 Å². The fourth-order valence-electron chi connectivity index (χ4n) is 2.08. The summed E-state index contributed by atoms with van der Waals surface area (Å²) in [6.07, 6.45) is 0. The molecule has 3 nitrogen and oxygen atoms in total. The molecule has 0 aliphatic carbocycles. The summed E-state index contributed by atoms with van der Waals surface area (Å²) >= 11 is 3.41. The Morgan fingerprint density at radius 2 is 1.86 bits per heavy atom. The normalized spacial score (nSPS) is 10.9. The highest BCUT2D eigenvalue weighted by molar-refractivity contribution is 9.10. The molecule has 2 aromatic carbocycles. The molecule has 0 radical (unpaired) electrons. The summed E-state index contributed by atoms with van der Waals surface area (Å²) in [6.45, 7) is 1.25. The molecule has 0 amide bonds. The molecule has 5 heteroatoms. The molecule has 2 rings (SSSR count). The van der Waals surface area contributed by atoms with Crippen molar-refractivity contribution in [2.24, 2.45) is 0 Å². The molecule has 1 N–H and O–H groups in total. The fourth-order valence-corrected chi connectivity index (χ4v) is 2.45. The van der Waals surface area contributed by atoms with Crippen molar-refractivity contribution >= 4 is 21.9 Å². The number of carbonyl (C=O) groups is 1. The Kier molecular flexibility index (Phi) is 5.09. The average molecular weight is 352 g/mol. The summed E-state index contributed by atoms with van der Waals surface area (Å²) in [7, 11) is 1.93. The van der Waals surface area contributed by atoms with Crippen LogP contribution in [-0.4, -0.2) is 23.0 Å². The van der Waals surface area contributed by atoms with Crippen molar-refractivity contribution < 1.29 is 14.3 Å². The van der Waals surface area contributed by atoms with E-state index in [4.69, 9.17) is 5.11 Å². The minimum absolute atomic E-state index is 0.257. The van der Waals surface area contributed by atoms with E-state index in [1.165, 1.54) is 12.1 Å². The number of aromatic carboxylic acids is 1. The van der Waals surface area contributed by atoms with Crippen LogP contribution in [0.15, 0.2) is 46.9 Å². The molecule has 110 valence electrons. The number of benzene rings is 2. The maximum Gasteiger partial charge on any atom is 0.335 e. The van der Waals surface area contributed by atoms with Crippen molar-refractivity contribution in [2.45, 2.75) is 13.1 Å². The van der Waals surface area contributed by atoms with E-state index in [2.05, 4.69) is 15.9 Å². The summed E-state index contributed by atoms with van der Waals surface area (Å²) in [4.78, 5) is 12.8. The zero-order chi connectivity index (χ0) is 15.4. The molecule has 0 aliphatic rings. The standard InChI is InChI=1S/C16H15BrFNO2/c1-19(10-13-8-14(18)6-7-15(13)17)9-11-2-4-12(5-3-11)16(20)21/h2-8H,9-10H2,1H3,(H,20,21). The van der Waals surface area contributed by atoms with E-state index in [0.29, 0.717) is 13.1 Å². The van der Waals surface area contributed by atoms with Gasteiger partial charge < -0.3 is 5.11 Å². The lowest BCUT2D eigenvalue weighted by Gasteiger charge is -2.18. The monoisotopic (exact) mass is 351 g/mol. The smallest absolute Gasteiger partial charge is 0.335 e. The Balaban J connectivity index is 2.02. The molecule has 2 aromatic rings. The number of hydrogen-bond acceptors (Lipinski definition) is 2. The predicted octanol–water partition coefficient (Wildman–Crippen LogP) is 3.92. The van der Waals surface area contributed by atoms with Gasteiger partial charge in [0.15, 0.2) is 0 Å². The van der Waals surface area contributed by atoms with E-state index in [1.807, 2.05) is 11.9 Å². The van der Waals surface area contributed by atoms with Gasteiger partial charge in [0.25, 0.3) is 0 Å². The van der Waals surface area contributed by atoms with Gasteiger partial charge in [-0.1, -0.05) is 28.1 Å². The Morgan fingerprint density at radius 3 is 2.48 bits per heavy atom. The highest BCUT2D eigenvalue weighted by Gasteiger charge is 2.07. The van der Waals surface area contributed by atoms with E-state index in [0.717, 1.165) is 15.6 Å². The van der Waals surface area contributed by atoms with E-state index in [9.17, 15) is 9.18 Å². The molecular weight excluding hydrogens is 337 g/mol. The number of carboxylic acids is 1. The second-order valence-corrected chi connectivity index (χ2v) is 5.76. The third-order valence-electron chi connectivity index (χ3n) is 3.10. The molecule has 0 aliphatic heterocycles. The number of hydrogen-bond donors (Lipinski definition) is 1. The second kappa shape index (κ2) is 6.83. The van der Waals surface area contributed by atoms with Crippen LogP contribution in [0.1, 0.15) is 21.5 Å². The van der Waals surface area contributed by atoms with Gasteiger partial charge in [0.2, 0.25) is 0 Å². The van der Waals surface area contributed by atoms with Crippen LogP contribution in [0.25, 0.3) is 0 Å². The van der Waals surface area contributed by atoms with Crippen molar-refractivity contribution in [3.05, 3.63) is 69.4 Å². The number of rotatable bonds is 5. The first-order valence-electron chi connectivity index (χ1n) is 6.40. The Labute approximate surface area is 131 Å². The third kappa shape index (κ3) is 4.37. The SMILES string of the molecule is CN(Cc1ccc(C(=O)O)cc1)Cc1cc(F)ccc1Br. The minimum Gasteiger partial charge on any atom is -0.478 e. The van der Waals surface area contributed by atoms with Gasteiger partial charge in [-0.15, -0.1) is 0 Å². The van der Waals surface area contributed by atoms with Gasteiger partial charge in [-0.3, -0.25) is 4.90 Å². The molecule has 0 unspecified atom stereocenters. The molecule has 0 fully saturated rings. The lowest BCUT2D eigenvalue weighted by atomic mass is 10.1. The first-order valence-corrected chi connectivity index (χ1v) is 7.19. The lowest BCUT2D eigenvalue weighted by molar-refractivity contribution is 0.0697. The van der Waals surface area contributed by atoms with Crippen molar-refractivity contribution in [3.63, 3.8) is 0 Å². The first-order chi connectivity index (χ1) is 9.95. The van der Waals surface area contributed by atoms with E-state index in [1.54, 1.807) is 30.3 Å². The third-order valence-corrected chi connectivity index (χ3v) is 3.88. The predicted molar refractivity (Wildman–Crippen MR) is 82.7 cm³/mol. The van der Waals surface area contributed by atoms with Gasteiger partial charge in [0.1, 0.15) is 5.82 Å². The van der Waals surface area contributed by atoms with Gasteiger partial charge in [-0.25, -0.2) is 9.18 Å². The summed E-state index contributed by atoms with van der Waals surface area (Å²) < 4.78 is 14.1. The van der Waals surface area contributed by atoms with Gasteiger partial charge in [-0.2, -0.15) is 0 Å². The highest BCUT2D eigenvalue weighted by atomic mass is 79.9. The molecular formula is C16H15BrFNO2. The zero-order valence-corrected chi connectivity index (χ0v) is 13.1. The van der Waals surface area contributed by atoms with Gasteiger partial charge in [-0.05, 0) is 48.5 Å². The quantitative estimate of drug-likeness (QED) is 0.887. The largest absolute Gasteiger partial charge is 0.478 e. The van der Waals surface area contributed by atoms with Crippen LogP contribution < -0.4 is 0 Å². The van der Waals surface area contributed by atoms with Crippen molar-refractivity contribution in [3.8, 4) is 0 Å². The van der Waals surface area contributed by atoms with Crippen LogP contribution >= 0.6 is 15.9 Å². The molecule has 0 bridgehead atoms. The molecule has 0 saturated carbocycles. The van der Waals surface area contributed by atoms with Gasteiger partial charge >= 0.3 is 5.97 Å². The molecule has 0 spiro atoms. The Hall–Kier alpha value is -1.72. The summed E-state index contributed by atoms with van der Waals surface area (Å²) in [5.41, 5.74) is 2.16. The van der Waals surface area contributed by atoms with E-state index in [-0.39, 0.29) is 11.4 Å². The molecule has 21 heavy (non-hydrogen) atoms. The lowest BCUT2D eigenvalue weighted by Crippen LogP contribution is -2.17. The summed E-state index contributed by atoms with van der Waals surface area (Å²) in [5, 5.41) is 8.86. The number of halogens is 2. The summed E-state index contributed by atoms with van der Waals surface area (Å²) in [5.74, 6) is -1.19. The highest BCUT2D eigenvalue weighted by Crippen LogP contribution is 2.20. The van der Waals surface area contributed by atoms with Crippen molar-refractivity contribution in [1.82, 2.24) is 4.90 Å². The van der Waals surface area contributed by atoms with Crippen molar-refractivity contribution in [1.29, 1.82) is 0 Å². The van der Waals surface area contributed by atoms with Crippen LogP contribution in [0.4, 0.5) is 4.39 Å². The topological polar surface area (TPSA) is 40.5 Å². The average Bonchev–Trinajstić information content (AvgIpc) is 2.43. The maximum absolute atomic E-state index is 13.2. The van der Waals surface area contributed by atoms with Crippen LogP contribution in [0.2, 0.25) is 0 Å². The molecule has 0 atom stereocenters. The Bertz CT molecular complexity index is 643. The van der Waals surface area contributed by atoms with Crippen molar-refractivity contribution in [2.75, 3.05) is 7.05 Å². The van der Waals surface area contributed by atoms with E-state index >= 15 is 0 Å². The first kappa shape index (κ1) is 15.7. The Morgan fingerprint density at radius 1 is 1.19 bits per heavy atom.